The lowest BCUT2D eigenvalue weighted by atomic mass is 10.1. The van der Waals surface area contributed by atoms with E-state index in [9.17, 15) is 9.59 Å². The summed E-state index contributed by atoms with van der Waals surface area (Å²) in [4.78, 5) is 20.8. The average Bonchev–Trinajstić information content (AvgIpc) is 2.00. The van der Waals surface area contributed by atoms with Gasteiger partial charge in [0.1, 0.15) is 6.29 Å². The summed E-state index contributed by atoms with van der Waals surface area (Å²) >= 11 is 0. The van der Waals surface area contributed by atoms with Crippen molar-refractivity contribution in [3.8, 4) is 0 Å². The van der Waals surface area contributed by atoms with E-state index in [1.165, 1.54) is 0 Å². The van der Waals surface area contributed by atoms with E-state index in [0.29, 0.717) is 12.8 Å². The van der Waals surface area contributed by atoms with E-state index < -0.39 is 0 Å². The largest absolute Gasteiger partial charge is 0.303 e. The highest BCUT2D eigenvalue weighted by atomic mass is 16.1. The number of rotatable bonds is 5. The Bertz CT molecular complexity index is 168. The van der Waals surface area contributed by atoms with Crippen LogP contribution in [-0.2, 0) is 9.59 Å². The average molecular weight is 154 g/mol. The summed E-state index contributed by atoms with van der Waals surface area (Å²) in [7, 11) is 0. The Labute approximate surface area is 67.3 Å². The van der Waals surface area contributed by atoms with Gasteiger partial charge in [-0.25, -0.2) is 0 Å². The molecule has 2 nitrogen and oxygen atoms in total. The van der Waals surface area contributed by atoms with Crippen LogP contribution in [-0.4, -0.2) is 12.1 Å². The molecule has 0 aliphatic heterocycles. The maximum Gasteiger partial charge on any atom is 0.156 e. The third kappa shape index (κ3) is 5.52. The summed E-state index contributed by atoms with van der Waals surface area (Å²) in [5.41, 5.74) is 1.07. The van der Waals surface area contributed by atoms with Crippen LogP contribution >= 0.6 is 0 Å². The standard InChI is InChI=1S/C9H14O2/c1-3-8(2)7-9(11)5-4-6-10/h6-7H,3-5H2,1-2H3/b8-7+. The molecule has 0 saturated heterocycles. The highest BCUT2D eigenvalue weighted by Gasteiger charge is 1.96. The lowest BCUT2D eigenvalue weighted by Gasteiger charge is -1.93. The Morgan fingerprint density at radius 3 is 2.55 bits per heavy atom. The van der Waals surface area contributed by atoms with Gasteiger partial charge in [-0.15, -0.1) is 0 Å². The van der Waals surface area contributed by atoms with Crippen molar-refractivity contribution in [3.63, 3.8) is 0 Å². The summed E-state index contributed by atoms with van der Waals surface area (Å²) in [6.07, 6.45) is 3.97. The number of aldehydes is 1. The summed E-state index contributed by atoms with van der Waals surface area (Å²) in [6, 6.07) is 0. The first kappa shape index (κ1) is 10.1. The zero-order valence-electron chi connectivity index (χ0n) is 7.09. The molecule has 0 spiro atoms. The van der Waals surface area contributed by atoms with Crippen molar-refractivity contribution in [2.24, 2.45) is 0 Å². The first-order valence-electron chi connectivity index (χ1n) is 3.84. The molecular formula is C9H14O2. The molecule has 0 aliphatic carbocycles. The minimum atomic E-state index is 0.0523. The highest BCUT2D eigenvalue weighted by molar-refractivity contribution is 5.91. The molecule has 0 heterocycles. The summed E-state index contributed by atoms with van der Waals surface area (Å²) in [5, 5.41) is 0. The normalized spacial score (nSPS) is 11.3. The zero-order valence-corrected chi connectivity index (χ0v) is 7.09. The molecule has 0 amide bonds. The van der Waals surface area contributed by atoms with Crippen LogP contribution in [0, 0.1) is 0 Å². The van der Waals surface area contributed by atoms with E-state index in [1.807, 2.05) is 13.8 Å². The van der Waals surface area contributed by atoms with Crippen molar-refractivity contribution in [3.05, 3.63) is 11.6 Å². The van der Waals surface area contributed by atoms with E-state index in [-0.39, 0.29) is 5.78 Å². The molecule has 0 atom stereocenters. The predicted molar refractivity (Wildman–Crippen MR) is 44.4 cm³/mol. The number of ketones is 1. The molecular weight excluding hydrogens is 140 g/mol. The number of allylic oxidation sites excluding steroid dienone is 2. The molecule has 62 valence electrons. The van der Waals surface area contributed by atoms with Crippen molar-refractivity contribution < 1.29 is 9.59 Å². The van der Waals surface area contributed by atoms with Crippen LogP contribution in [0.5, 0.6) is 0 Å². The summed E-state index contributed by atoms with van der Waals surface area (Å²) in [5.74, 6) is 0.0523. The molecule has 0 fully saturated rings. The van der Waals surface area contributed by atoms with Gasteiger partial charge in [0.05, 0.1) is 0 Å². The molecule has 0 aliphatic rings. The molecule has 0 unspecified atom stereocenters. The quantitative estimate of drug-likeness (QED) is 0.447. The predicted octanol–water partition coefficient (Wildman–Crippen LogP) is 1.89. The SMILES string of the molecule is CC/C(C)=C/C(=O)CCC=O. The second-order valence-corrected chi connectivity index (χ2v) is 2.52. The number of carbonyl (C=O) groups excluding carboxylic acids is 2. The van der Waals surface area contributed by atoms with Gasteiger partial charge in [-0.1, -0.05) is 12.5 Å². The highest BCUT2D eigenvalue weighted by Crippen LogP contribution is 2.00. The van der Waals surface area contributed by atoms with E-state index in [2.05, 4.69) is 0 Å². The van der Waals surface area contributed by atoms with Crippen molar-refractivity contribution in [2.75, 3.05) is 0 Å². The van der Waals surface area contributed by atoms with Gasteiger partial charge in [0, 0.05) is 12.8 Å². The molecule has 0 aromatic carbocycles. The van der Waals surface area contributed by atoms with Gasteiger partial charge in [-0.05, 0) is 19.4 Å². The lowest BCUT2D eigenvalue weighted by Crippen LogP contribution is -1.93. The fourth-order valence-electron chi connectivity index (χ4n) is 0.650. The Hall–Kier alpha value is -0.920. The summed E-state index contributed by atoms with van der Waals surface area (Å²) < 4.78 is 0. The molecule has 0 radical (unpaired) electrons. The van der Waals surface area contributed by atoms with Crippen LogP contribution in [0.15, 0.2) is 11.6 Å². The monoisotopic (exact) mass is 154 g/mol. The molecule has 0 bridgehead atoms. The van der Waals surface area contributed by atoms with Crippen molar-refractivity contribution >= 4 is 12.1 Å². The van der Waals surface area contributed by atoms with Crippen LogP contribution in [0.25, 0.3) is 0 Å². The molecule has 0 aromatic rings. The van der Waals surface area contributed by atoms with Crippen molar-refractivity contribution in [1.29, 1.82) is 0 Å². The fourth-order valence-corrected chi connectivity index (χ4v) is 0.650. The van der Waals surface area contributed by atoms with Crippen LogP contribution in [0.3, 0.4) is 0 Å². The van der Waals surface area contributed by atoms with E-state index in [4.69, 9.17) is 0 Å². The topological polar surface area (TPSA) is 34.1 Å². The first-order chi connectivity index (χ1) is 5.20. The molecule has 0 rings (SSSR count). The Kier molecular flexibility index (Phi) is 5.35. The lowest BCUT2D eigenvalue weighted by molar-refractivity contribution is -0.117. The molecule has 0 saturated carbocycles. The van der Waals surface area contributed by atoms with Gasteiger partial charge in [0.25, 0.3) is 0 Å². The number of carbonyl (C=O) groups is 2. The molecule has 0 N–H and O–H groups in total. The van der Waals surface area contributed by atoms with Crippen LogP contribution < -0.4 is 0 Å². The minimum absolute atomic E-state index is 0.0523. The minimum Gasteiger partial charge on any atom is -0.303 e. The Morgan fingerprint density at radius 2 is 2.09 bits per heavy atom. The van der Waals surface area contributed by atoms with Crippen LogP contribution in [0.1, 0.15) is 33.1 Å². The van der Waals surface area contributed by atoms with Gasteiger partial charge >= 0.3 is 0 Å². The van der Waals surface area contributed by atoms with Crippen molar-refractivity contribution in [2.45, 2.75) is 33.1 Å². The van der Waals surface area contributed by atoms with Crippen LogP contribution in [0.4, 0.5) is 0 Å². The molecule has 2 heteroatoms. The summed E-state index contributed by atoms with van der Waals surface area (Å²) in [6.45, 7) is 3.91. The fraction of sp³-hybridized carbons (Fsp3) is 0.556. The maximum atomic E-state index is 10.9. The smallest absolute Gasteiger partial charge is 0.156 e. The van der Waals surface area contributed by atoms with Gasteiger partial charge in [-0.3, -0.25) is 4.79 Å². The third-order valence-electron chi connectivity index (χ3n) is 1.47. The molecule has 0 aromatic heterocycles. The Morgan fingerprint density at radius 1 is 1.45 bits per heavy atom. The molecule has 11 heavy (non-hydrogen) atoms. The van der Waals surface area contributed by atoms with E-state index in [0.717, 1.165) is 18.3 Å². The maximum absolute atomic E-state index is 10.9. The number of hydrogen-bond donors (Lipinski definition) is 0. The van der Waals surface area contributed by atoms with Crippen molar-refractivity contribution in [1.82, 2.24) is 0 Å². The van der Waals surface area contributed by atoms with Gasteiger partial charge < -0.3 is 4.79 Å². The van der Waals surface area contributed by atoms with E-state index in [1.54, 1.807) is 6.08 Å². The van der Waals surface area contributed by atoms with Gasteiger partial charge in [0.2, 0.25) is 0 Å². The van der Waals surface area contributed by atoms with Gasteiger partial charge in [0.15, 0.2) is 5.78 Å². The second kappa shape index (κ2) is 5.83. The zero-order chi connectivity index (χ0) is 8.69. The van der Waals surface area contributed by atoms with E-state index >= 15 is 0 Å². The Balaban J connectivity index is 3.76. The van der Waals surface area contributed by atoms with Gasteiger partial charge in [-0.2, -0.15) is 0 Å². The number of hydrogen-bond acceptors (Lipinski definition) is 2. The van der Waals surface area contributed by atoms with Crippen LogP contribution in [0.2, 0.25) is 0 Å². The third-order valence-corrected chi connectivity index (χ3v) is 1.47. The second-order valence-electron chi connectivity index (χ2n) is 2.52. The first-order valence-corrected chi connectivity index (χ1v) is 3.84.